The number of carboxylic acids is 1. The molecule has 7 nitrogen and oxygen atoms in total. The van der Waals surface area contributed by atoms with E-state index in [1.54, 1.807) is 53.1 Å². The van der Waals surface area contributed by atoms with Gasteiger partial charge >= 0.3 is 5.97 Å². The van der Waals surface area contributed by atoms with E-state index in [-0.39, 0.29) is 30.5 Å². The lowest BCUT2D eigenvalue weighted by Gasteiger charge is -2.43. The molecule has 2 atom stereocenters. The molecule has 0 aliphatic carbocycles. The van der Waals surface area contributed by atoms with Crippen molar-refractivity contribution >= 4 is 40.8 Å². The molecule has 4 rings (SSSR count). The molecule has 0 saturated carbocycles. The van der Waals surface area contributed by atoms with Gasteiger partial charge in [-0.2, -0.15) is 0 Å². The minimum Gasteiger partial charge on any atom is -0.490 e. The summed E-state index contributed by atoms with van der Waals surface area (Å²) >= 11 is 6.07. The van der Waals surface area contributed by atoms with Gasteiger partial charge in [0.25, 0.3) is 5.91 Å². The predicted molar refractivity (Wildman–Crippen MR) is 143 cm³/mol. The number of aliphatic carboxylic acids is 1. The van der Waals surface area contributed by atoms with Crippen molar-refractivity contribution in [1.29, 1.82) is 0 Å². The Hall–Kier alpha value is -4.10. The summed E-state index contributed by atoms with van der Waals surface area (Å²) in [4.78, 5) is 40.6. The lowest BCUT2D eigenvalue weighted by Crippen LogP contribution is -2.47. The van der Waals surface area contributed by atoms with Crippen molar-refractivity contribution in [1.82, 2.24) is 0 Å². The first-order valence-electron chi connectivity index (χ1n) is 11.9. The quantitative estimate of drug-likeness (QED) is 0.394. The van der Waals surface area contributed by atoms with E-state index in [1.807, 2.05) is 43.3 Å². The van der Waals surface area contributed by atoms with Gasteiger partial charge in [0.2, 0.25) is 5.91 Å². The van der Waals surface area contributed by atoms with E-state index in [2.05, 4.69) is 0 Å². The van der Waals surface area contributed by atoms with Crippen LogP contribution in [0.15, 0.2) is 84.9 Å². The number of nitrogens with zero attached hydrogens (tertiary/aromatic N) is 2. The highest BCUT2D eigenvalue weighted by Gasteiger charge is 2.38. The zero-order chi connectivity index (χ0) is 26.5. The maximum atomic E-state index is 13.7. The molecule has 3 aromatic rings. The molecule has 0 aromatic heterocycles. The number of benzene rings is 3. The lowest BCUT2D eigenvalue weighted by atomic mass is 9.89. The molecule has 37 heavy (non-hydrogen) atoms. The Morgan fingerprint density at radius 2 is 1.73 bits per heavy atom. The van der Waals surface area contributed by atoms with Gasteiger partial charge in [0.05, 0.1) is 6.04 Å². The SMILES string of the molecule is CC(=O)N(c1ccc(Cl)cc1)[C@@H]1C[C@H](C)N(C(=O)c2ccc(OCC=CC(=O)O)cc2)c2ccccc21. The normalized spacial score (nSPS) is 16.8. The zero-order valence-corrected chi connectivity index (χ0v) is 21.3. The molecule has 0 fully saturated rings. The fraction of sp³-hybridized carbons (Fsp3) is 0.207. The summed E-state index contributed by atoms with van der Waals surface area (Å²) in [5.74, 6) is -0.763. The van der Waals surface area contributed by atoms with E-state index in [1.165, 1.54) is 6.08 Å². The third-order valence-corrected chi connectivity index (χ3v) is 6.49. The van der Waals surface area contributed by atoms with Gasteiger partial charge in [-0.25, -0.2) is 4.79 Å². The third-order valence-electron chi connectivity index (χ3n) is 6.24. The van der Waals surface area contributed by atoms with Gasteiger partial charge < -0.3 is 19.6 Å². The highest BCUT2D eigenvalue weighted by atomic mass is 35.5. The maximum absolute atomic E-state index is 13.7. The molecule has 1 aliphatic rings. The van der Waals surface area contributed by atoms with Crippen LogP contribution < -0.4 is 14.5 Å². The molecule has 0 radical (unpaired) electrons. The van der Waals surface area contributed by atoms with E-state index in [0.717, 1.165) is 23.0 Å². The monoisotopic (exact) mass is 518 g/mol. The number of hydrogen-bond donors (Lipinski definition) is 1. The Labute approximate surface area is 220 Å². The number of para-hydroxylation sites is 1. The minimum atomic E-state index is -1.04. The van der Waals surface area contributed by atoms with Crippen molar-refractivity contribution < 1.29 is 24.2 Å². The first-order valence-corrected chi connectivity index (χ1v) is 12.2. The summed E-state index contributed by atoms with van der Waals surface area (Å²) in [6.07, 6.45) is 2.97. The Morgan fingerprint density at radius 1 is 1.05 bits per heavy atom. The smallest absolute Gasteiger partial charge is 0.328 e. The third kappa shape index (κ3) is 5.84. The first kappa shape index (κ1) is 26.0. The van der Waals surface area contributed by atoms with Crippen LogP contribution in [0.5, 0.6) is 5.75 Å². The van der Waals surface area contributed by atoms with Gasteiger partial charge in [0.15, 0.2) is 0 Å². The molecule has 0 unspecified atom stereocenters. The molecule has 0 spiro atoms. The standard InChI is InChI=1S/C29H27ClN2O5/c1-19-18-27(32(20(2)33)23-13-11-22(30)12-14-23)25-6-3-4-7-26(25)31(19)29(36)21-9-15-24(16-10-21)37-17-5-8-28(34)35/h3-16,19,27H,17-18H2,1-2H3,(H,34,35)/t19-,27+/m0/s1. The van der Waals surface area contributed by atoms with Crippen LogP contribution >= 0.6 is 11.6 Å². The first-order chi connectivity index (χ1) is 17.8. The average molecular weight is 519 g/mol. The van der Waals surface area contributed by atoms with E-state index in [4.69, 9.17) is 21.4 Å². The summed E-state index contributed by atoms with van der Waals surface area (Å²) in [6, 6.07) is 21.2. The van der Waals surface area contributed by atoms with Crippen LogP contribution in [0.1, 0.15) is 42.2 Å². The number of carboxylic acid groups (broad SMARTS) is 1. The fourth-order valence-corrected chi connectivity index (χ4v) is 4.77. The van der Waals surface area contributed by atoms with E-state index < -0.39 is 5.97 Å². The summed E-state index contributed by atoms with van der Waals surface area (Å²) in [5, 5.41) is 9.25. The largest absolute Gasteiger partial charge is 0.490 e. The number of halogens is 1. The molecular weight excluding hydrogens is 492 g/mol. The number of hydrogen-bond acceptors (Lipinski definition) is 4. The average Bonchev–Trinajstić information content (AvgIpc) is 2.88. The lowest BCUT2D eigenvalue weighted by molar-refractivity contribution is -0.131. The molecule has 1 aliphatic heterocycles. The van der Waals surface area contributed by atoms with E-state index in [0.29, 0.717) is 22.8 Å². The van der Waals surface area contributed by atoms with Crippen molar-refractivity contribution in [3.63, 3.8) is 0 Å². The molecule has 0 bridgehead atoms. The van der Waals surface area contributed by atoms with Crippen LogP contribution in [-0.4, -0.2) is 35.5 Å². The second-order valence-electron chi connectivity index (χ2n) is 8.78. The van der Waals surface area contributed by atoms with Gasteiger partial charge in [-0.3, -0.25) is 9.59 Å². The summed E-state index contributed by atoms with van der Waals surface area (Å²) in [7, 11) is 0. The maximum Gasteiger partial charge on any atom is 0.328 e. The molecule has 0 saturated heterocycles. The number of fused-ring (bicyclic) bond motifs is 1. The Morgan fingerprint density at radius 3 is 2.38 bits per heavy atom. The highest BCUT2D eigenvalue weighted by molar-refractivity contribution is 6.30. The molecule has 3 aromatic carbocycles. The van der Waals surface area contributed by atoms with Crippen LogP contribution in [0.4, 0.5) is 11.4 Å². The summed E-state index contributed by atoms with van der Waals surface area (Å²) < 4.78 is 5.51. The Bertz CT molecular complexity index is 1320. The zero-order valence-electron chi connectivity index (χ0n) is 20.5. The van der Waals surface area contributed by atoms with Crippen molar-refractivity contribution in [3.05, 3.63) is 101 Å². The number of anilines is 2. The number of carbonyl (C=O) groups excluding carboxylic acids is 2. The number of rotatable bonds is 7. The topological polar surface area (TPSA) is 87.2 Å². The molecule has 1 heterocycles. The van der Waals surface area contributed by atoms with Crippen molar-refractivity contribution in [2.75, 3.05) is 16.4 Å². The van der Waals surface area contributed by atoms with Gasteiger partial charge in [-0.15, -0.1) is 0 Å². The van der Waals surface area contributed by atoms with Crippen LogP contribution in [0.25, 0.3) is 0 Å². The summed E-state index contributed by atoms with van der Waals surface area (Å²) in [5.41, 5.74) is 2.90. The van der Waals surface area contributed by atoms with Crippen LogP contribution in [0, 0.1) is 0 Å². The second-order valence-corrected chi connectivity index (χ2v) is 9.21. The second kappa shape index (κ2) is 11.3. The molecular formula is C29H27ClN2O5. The van der Waals surface area contributed by atoms with Crippen LogP contribution in [0.3, 0.4) is 0 Å². The Kier molecular flexibility index (Phi) is 7.94. The van der Waals surface area contributed by atoms with Gasteiger partial charge in [-0.05, 0) is 79.6 Å². The fourth-order valence-electron chi connectivity index (χ4n) is 4.64. The number of amides is 2. The van der Waals surface area contributed by atoms with Crippen molar-refractivity contribution in [2.24, 2.45) is 0 Å². The Balaban J connectivity index is 1.61. The van der Waals surface area contributed by atoms with E-state index in [9.17, 15) is 14.4 Å². The minimum absolute atomic E-state index is 0.0945. The van der Waals surface area contributed by atoms with Crippen molar-refractivity contribution in [3.8, 4) is 5.75 Å². The predicted octanol–water partition coefficient (Wildman–Crippen LogP) is 5.89. The van der Waals surface area contributed by atoms with Gasteiger partial charge in [-0.1, -0.05) is 29.8 Å². The number of carbonyl (C=O) groups is 3. The van der Waals surface area contributed by atoms with Gasteiger partial charge in [0, 0.05) is 41.0 Å². The van der Waals surface area contributed by atoms with Crippen LogP contribution in [-0.2, 0) is 9.59 Å². The van der Waals surface area contributed by atoms with E-state index >= 15 is 0 Å². The van der Waals surface area contributed by atoms with Gasteiger partial charge in [0.1, 0.15) is 12.4 Å². The molecule has 2 amide bonds. The summed E-state index contributed by atoms with van der Waals surface area (Å²) in [6.45, 7) is 3.63. The molecule has 8 heteroatoms. The van der Waals surface area contributed by atoms with Crippen molar-refractivity contribution in [2.45, 2.75) is 32.4 Å². The molecule has 190 valence electrons. The van der Waals surface area contributed by atoms with Crippen LogP contribution in [0.2, 0.25) is 5.02 Å². The molecule has 1 N–H and O–H groups in total. The highest BCUT2D eigenvalue weighted by Crippen LogP contribution is 2.42. The number of ether oxygens (including phenoxy) is 1.